The molecular weight excluding hydrogens is 422 g/mol. The molecule has 1 aliphatic rings. The number of hydrogen-bond donors (Lipinski definition) is 1. The predicted molar refractivity (Wildman–Crippen MR) is 114 cm³/mol. The Kier molecular flexibility index (Phi) is 5.39. The molecule has 0 atom stereocenters. The summed E-state index contributed by atoms with van der Waals surface area (Å²) in [7, 11) is -3.63. The lowest BCUT2D eigenvalue weighted by molar-refractivity contribution is 0.102. The Morgan fingerprint density at radius 1 is 1.17 bits per heavy atom. The van der Waals surface area contributed by atoms with Crippen molar-refractivity contribution in [3.05, 3.63) is 63.7 Å². The van der Waals surface area contributed by atoms with Gasteiger partial charge in [-0.3, -0.25) is 15.1 Å². The molecule has 30 heavy (non-hydrogen) atoms. The Labute approximate surface area is 179 Å². The molecule has 0 aliphatic carbocycles. The number of carbonyl (C=O) groups excluding carboxylic acids is 1. The van der Waals surface area contributed by atoms with Crippen LogP contribution in [0.4, 0.5) is 5.13 Å². The number of thiazole rings is 1. The summed E-state index contributed by atoms with van der Waals surface area (Å²) >= 11 is 1.29. The fourth-order valence-corrected chi connectivity index (χ4v) is 6.63. The van der Waals surface area contributed by atoms with Crippen molar-refractivity contribution in [1.82, 2.24) is 19.3 Å². The Bertz CT molecular complexity index is 1200. The fraction of sp³-hybridized carbons (Fsp3) is 0.300. The first-order chi connectivity index (χ1) is 14.3. The van der Waals surface area contributed by atoms with Gasteiger partial charge in [-0.1, -0.05) is 17.7 Å². The summed E-state index contributed by atoms with van der Waals surface area (Å²) in [6.45, 7) is 6.20. The molecule has 1 amide bonds. The van der Waals surface area contributed by atoms with E-state index in [4.69, 9.17) is 0 Å². The average molecular weight is 444 g/mol. The fourth-order valence-electron chi connectivity index (χ4n) is 3.71. The molecule has 0 saturated heterocycles. The van der Waals surface area contributed by atoms with Crippen LogP contribution in [0, 0.1) is 20.8 Å². The molecule has 1 N–H and O–H groups in total. The van der Waals surface area contributed by atoms with Gasteiger partial charge in [0.25, 0.3) is 5.91 Å². The Hall–Kier alpha value is -2.69. The number of rotatable bonds is 4. The van der Waals surface area contributed by atoms with Gasteiger partial charge < -0.3 is 0 Å². The first-order valence-corrected chi connectivity index (χ1v) is 11.7. The van der Waals surface area contributed by atoms with E-state index in [1.165, 1.54) is 34.2 Å². The van der Waals surface area contributed by atoms with Crippen LogP contribution in [-0.2, 0) is 23.0 Å². The zero-order chi connectivity index (χ0) is 21.5. The second-order valence-corrected chi connectivity index (χ2v) is 10.2. The molecule has 0 saturated carbocycles. The highest BCUT2D eigenvalue weighted by Gasteiger charge is 2.32. The Morgan fingerprint density at radius 2 is 1.90 bits per heavy atom. The standard InChI is InChI=1S/C20H21N5O3S2/c1-12-8-13(2)18(14(3)9-12)30(27,28)25-7-4-15-17(11-25)29-20(23-15)24-19(26)16-10-21-5-6-22-16/h5-6,8-10H,4,7,11H2,1-3H3,(H,23,24,26). The summed E-state index contributed by atoms with van der Waals surface area (Å²) < 4.78 is 28.2. The third kappa shape index (κ3) is 3.85. The summed E-state index contributed by atoms with van der Waals surface area (Å²) in [5, 5.41) is 3.15. The zero-order valence-electron chi connectivity index (χ0n) is 16.8. The van der Waals surface area contributed by atoms with Gasteiger partial charge in [0.05, 0.1) is 23.3 Å². The van der Waals surface area contributed by atoms with E-state index >= 15 is 0 Å². The minimum atomic E-state index is -3.63. The van der Waals surface area contributed by atoms with Crippen molar-refractivity contribution in [3.63, 3.8) is 0 Å². The van der Waals surface area contributed by atoms with E-state index in [0.29, 0.717) is 23.0 Å². The van der Waals surface area contributed by atoms with E-state index in [1.54, 1.807) is 0 Å². The molecule has 8 nitrogen and oxygen atoms in total. The number of carbonyl (C=O) groups is 1. The number of amides is 1. The van der Waals surface area contributed by atoms with Gasteiger partial charge in [-0.25, -0.2) is 18.4 Å². The van der Waals surface area contributed by atoms with E-state index in [1.807, 2.05) is 32.9 Å². The molecule has 0 unspecified atom stereocenters. The summed E-state index contributed by atoms with van der Waals surface area (Å²) in [6, 6.07) is 3.78. The van der Waals surface area contributed by atoms with Crippen LogP contribution >= 0.6 is 11.3 Å². The summed E-state index contributed by atoms with van der Waals surface area (Å²) in [6.07, 6.45) is 4.81. The number of fused-ring (bicyclic) bond motifs is 1. The normalized spacial score (nSPS) is 14.4. The van der Waals surface area contributed by atoms with Crippen molar-refractivity contribution in [3.8, 4) is 0 Å². The number of anilines is 1. The molecule has 156 valence electrons. The average Bonchev–Trinajstić information content (AvgIpc) is 3.09. The SMILES string of the molecule is Cc1cc(C)c(S(=O)(=O)N2CCc3nc(NC(=O)c4cnccn4)sc3C2)c(C)c1. The minimum Gasteiger partial charge on any atom is -0.296 e. The molecule has 2 aromatic heterocycles. The summed E-state index contributed by atoms with van der Waals surface area (Å²) in [5.41, 5.74) is 3.55. The van der Waals surface area contributed by atoms with Crippen LogP contribution in [-0.4, -0.2) is 40.1 Å². The second kappa shape index (κ2) is 7.86. The molecule has 10 heteroatoms. The number of sulfonamides is 1. The lowest BCUT2D eigenvalue weighted by Gasteiger charge is -2.27. The third-order valence-corrected chi connectivity index (χ3v) is 8.06. The molecule has 0 bridgehead atoms. The first-order valence-electron chi connectivity index (χ1n) is 9.39. The number of nitrogens with one attached hydrogen (secondary N) is 1. The zero-order valence-corrected chi connectivity index (χ0v) is 18.5. The van der Waals surface area contributed by atoms with E-state index < -0.39 is 15.9 Å². The third-order valence-electron chi connectivity index (χ3n) is 4.92. The Morgan fingerprint density at radius 3 is 2.57 bits per heavy atom. The van der Waals surface area contributed by atoms with Gasteiger partial charge in [-0.05, 0) is 31.9 Å². The van der Waals surface area contributed by atoms with Crippen LogP contribution < -0.4 is 5.32 Å². The van der Waals surface area contributed by atoms with E-state index in [-0.39, 0.29) is 12.2 Å². The number of aryl methyl sites for hydroxylation is 3. The van der Waals surface area contributed by atoms with Gasteiger partial charge >= 0.3 is 0 Å². The summed E-state index contributed by atoms with van der Waals surface area (Å²) in [5.74, 6) is -0.399. The first kappa shape index (κ1) is 20.6. The Balaban J connectivity index is 1.56. The maximum atomic E-state index is 13.3. The highest BCUT2D eigenvalue weighted by Crippen LogP contribution is 2.33. The van der Waals surface area contributed by atoms with Gasteiger partial charge in [0, 0.05) is 30.2 Å². The van der Waals surface area contributed by atoms with Crippen molar-refractivity contribution in [2.75, 3.05) is 11.9 Å². The molecule has 3 aromatic rings. The highest BCUT2D eigenvalue weighted by atomic mass is 32.2. The van der Waals surface area contributed by atoms with Crippen LogP contribution in [0.2, 0.25) is 0 Å². The predicted octanol–water partition coefficient (Wildman–Crippen LogP) is 2.86. The number of hydrogen-bond acceptors (Lipinski definition) is 7. The van der Waals surface area contributed by atoms with Crippen molar-refractivity contribution in [1.29, 1.82) is 0 Å². The molecule has 4 rings (SSSR count). The highest BCUT2D eigenvalue weighted by molar-refractivity contribution is 7.89. The van der Waals surface area contributed by atoms with Crippen LogP contribution in [0.15, 0.2) is 35.6 Å². The largest absolute Gasteiger partial charge is 0.296 e. The van der Waals surface area contributed by atoms with Gasteiger partial charge in [0.15, 0.2) is 5.13 Å². The number of benzene rings is 1. The molecule has 1 aromatic carbocycles. The molecule has 0 spiro atoms. The molecule has 1 aliphatic heterocycles. The van der Waals surface area contributed by atoms with Crippen molar-refractivity contribution >= 4 is 32.4 Å². The summed E-state index contributed by atoms with van der Waals surface area (Å²) in [4.78, 5) is 25.8. The van der Waals surface area contributed by atoms with E-state index in [2.05, 4.69) is 20.3 Å². The van der Waals surface area contributed by atoms with E-state index in [9.17, 15) is 13.2 Å². The topological polar surface area (TPSA) is 105 Å². The molecular formula is C20H21N5O3S2. The van der Waals surface area contributed by atoms with Crippen molar-refractivity contribution < 1.29 is 13.2 Å². The van der Waals surface area contributed by atoms with Gasteiger partial charge in [-0.2, -0.15) is 4.31 Å². The smallest absolute Gasteiger partial charge is 0.277 e. The minimum absolute atomic E-state index is 0.195. The van der Waals surface area contributed by atoms with Crippen molar-refractivity contribution in [2.45, 2.75) is 38.6 Å². The van der Waals surface area contributed by atoms with Crippen LogP contribution in [0.25, 0.3) is 0 Å². The number of aromatic nitrogens is 3. The van der Waals surface area contributed by atoms with Crippen molar-refractivity contribution in [2.24, 2.45) is 0 Å². The van der Waals surface area contributed by atoms with Crippen LogP contribution in [0.5, 0.6) is 0 Å². The lowest BCUT2D eigenvalue weighted by atomic mass is 10.1. The van der Waals surface area contributed by atoms with Gasteiger partial charge in [-0.15, -0.1) is 11.3 Å². The molecule has 0 fully saturated rings. The van der Waals surface area contributed by atoms with Gasteiger partial charge in [0.2, 0.25) is 10.0 Å². The molecule has 3 heterocycles. The van der Waals surface area contributed by atoms with E-state index in [0.717, 1.165) is 27.3 Å². The molecule has 0 radical (unpaired) electrons. The quantitative estimate of drug-likeness (QED) is 0.665. The van der Waals surface area contributed by atoms with Crippen LogP contribution in [0.3, 0.4) is 0 Å². The second-order valence-electron chi connectivity index (χ2n) is 7.25. The maximum absolute atomic E-state index is 13.3. The number of nitrogens with zero attached hydrogens (tertiary/aromatic N) is 4. The lowest BCUT2D eigenvalue weighted by Crippen LogP contribution is -2.36. The monoisotopic (exact) mass is 443 g/mol. The maximum Gasteiger partial charge on any atom is 0.277 e. The van der Waals surface area contributed by atoms with Gasteiger partial charge in [0.1, 0.15) is 5.69 Å². The van der Waals surface area contributed by atoms with Crippen LogP contribution in [0.1, 0.15) is 37.7 Å².